The molecule has 4 heteroatoms. The molecule has 2 nitrogen and oxygen atoms in total. The van der Waals surface area contributed by atoms with Crippen LogP contribution in [0.25, 0.3) is 10.9 Å². The van der Waals surface area contributed by atoms with Crippen LogP contribution in [0.1, 0.15) is 6.92 Å². The van der Waals surface area contributed by atoms with Crippen LogP contribution in [0.2, 0.25) is 0 Å². The molecule has 2 aromatic rings. The van der Waals surface area contributed by atoms with Crippen LogP contribution in [0.3, 0.4) is 0 Å². The third-order valence-corrected chi connectivity index (χ3v) is 2.43. The summed E-state index contributed by atoms with van der Waals surface area (Å²) < 4.78 is 15.8. The van der Waals surface area contributed by atoms with Crippen molar-refractivity contribution in [1.82, 2.24) is 9.78 Å². The lowest BCUT2D eigenvalue weighted by molar-refractivity contribution is 0.638. The van der Waals surface area contributed by atoms with E-state index < -0.39 is 0 Å². The Labute approximate surface area is 83.5 Å². The second-order valence-electron chi connectivity index (χ2n) is 2.78. The highest BCUT2D eigenvalue weighted by Gasteiger charge is 2.06. The van der Waals surface area contributed by atoms with Gasteiger partial charge in [0.05, 0.1) is 17.1 Å². The van der Waals surface area contributed by atoms with Gasteiger partial charge in [-0.3, -0.25) is 4.68 Å². The van der Waals surface area contributed by atoms with E-state index in [0.717, 1.165) is 16.5 Å². The Kier molecular flexibility index (Phi) is 2.07. The molecule has 1 heterocycles. The Hall–Kier alpha value is -0.900. The van der Waals surface area contributed by atoms with Gasteiger partial charge in [-0.05, 0) is 19.1 Å². The third kappa shape index (κ3) is 1.35. The largest absolute Gasteiger partial charge is 0.265 e. The molecule has 0 spiro atoms. The van der Waals surface area contributed by atoms with Crippen molar-refractivity contribution in [3.8, 4) is 0 Å². The molecule has 0 N–H and O–H groups in total. The molecule has 0 radical (unpaired) electrons. The molecule has 2 rings (SSSR count). The van der Waals surface area contributed by atoms with Crippen molar-refractivity contribution < 1.29 is 4.39 Å². The monoisotopic (exact) mass is 242 g/mol. The van der Waals surface area contributed by atoms with Crippen molar-refractivity contribution in [3.63, 3.8) is 0 Å². The predicted molar refractivity (Wildman–Crippen MR) is 53.1 cm³/mol. The van der Waals surface area contributed by atoms with Crippen LogP contribution in [0.15, 0.2) is 22.8 Å². The molecule has 68 valence electrons. The highest BCUT2D eigenvalue weighted by Crippen LogP contribution is 2.22. The van der Waals surface area contributed by atoms with E-state index in [1.165, 1.54) is 6.07 Å². The van der Waals surface area contributed by atoms with Gasteiger partial charge in [0.25, 0.3) is 0 Å². The maximum atomic E-state index is 13.3. The molecule has 0 bridgehead atoms. The summed E-state index contributed by atoms with van der Waals surface area (Å²) in [6.45, 7) is 2.73. The molecule has 0 aliphatic carbocycles. The lowest BCUT2D eigenvalue weighted by atomic mass is 10.2. The van der Waals surface area contributed by atoms with Gasteiger partial charge in [0.2, 0.25) is 0 Å². The minimum absolute atomic E-state index is 0.232. The van der Waals surface area contributed by atoms with E-state index in [0.29, 0.717) is 5.39 Å². The second kappa shape index (κ2) is 3.10. The highest BCUT2D eigenvalue weighted by atomic mass is 79.9. The van der Waals surface area contributed by atoms with E-state index in [4.69, 9.17) is 0 Å². The molecule has 0 amide bonds. The van der Waals surface area contributed by atoms with Crippen LogP contribution < -0.4 is 0 Å². The van der Waals surface area contributed by atoms with Crippen molar-refractivity contribution in [2.24, 2.45) is 0 Å². The maximum absolute atomic E-state index is 13.3. The van der Waals surface area contributed by atoms with Gasteiger partial charge in [0.15, 0.2) is 0 Å². The Balaban J connectivity index is 2.82. The quantitative estimate of drug-likeness (QED) is 0.752. The van der Waals surface area contributed by atoms with Crippen molar-refractivity contribution in [1.29, 1.82) is 0 Å². The van der Waals surface area contributed by atoms with Crippen LogP contribution in [-0.4, -0.2) is 9.78 Å². The van der Waals surface area contributed by atoms with Gasteiger partial charge in [-0.2, -0.15) is 5.10 Å². The van der Waals surface area contributed by atoms with Crippen molar-refractivity contribution in [2.45, 2.75) is 13.5 Å². The summed E-state index contributed by atoms with van der Waals surface area (Å²) in [5.41, 5.74) is 0.828. The first kappa shape index (κ1) is 8.69. The SMILES string of the molecule is CCn1ncc2c(F)cc(Br)cc21. The number of aromatic nitrogens is 2. The maximum Gasteiger partial charge on any atom is 0.135 e. The van der Waals surface area contributed by atoms with E-state index in [2.05, 4.69) is 21.0 Å². The first-order valence-electron chi connectivity index (χ1n) is 4.03. The van der Waals surface area contributed by atoms with Gasteiger partial charge in [-0.25, -0.2) is 4.39 Å². The molecule has 1 aromatic heterocycles. The number of benzene rings is 1. The average Bonchev–Trinajstić information content (AvgIpc) is 2.47. The van der Waals surface area contributed by atoms with E-state index in [1.54, 1.807) is 10.9 Å². The number of fused-ring (bicyclic) bond motifs is 1. The van der Waals surface area contributed by atoms with Crippen LogP contribution in [0.4, 0.5) is 4.39 Å². The van der Waals surface area contributed by atoms with Crippen LogP contribution in [0, 0.1) is 5.82 Å². The Morgan fingerprint density at radius 2 is 2.31 bits per heavy atom. The van der Waals surface area contributed by atoms with Crippen LogP contribution in [-0.2, 0) is 6.54 Å². The fourth-order valence-corrected chi connectivity index (χ4v) is 1.77. The fourth-order valence-electron chi connectivity index (χ4n) is 1.35. The predicted octanol–water partition coefficient (Wildman–Crippen LogP) is 2.96. The normalized spacial score (nSPS) is 11.0. The van der Waals surface area contributed by atoms with Gasteiger partial charge >= 0.3 is 0 Å². The molecule has 13 heavy (non-hydrogen) atoms. The highest BCUT2D eigenvalue weighted by molar-refractivity contribution is 9.10. The second-order valence-corrected chi connectivity index (χ2v) is 3.70. The standard InChI is InChI=1S/C9H8BrFN2/c1-2-13-9-4-6(10)3-8(11)7(9)5-12-13/h3-5H,2H2,1H3. The minimum Gasteiger partial charge on any atom is -0.265 e. The average molecular weight is 243 g/mol. The summed E-state index contributed by atoms with van der Waals surface area (Å²) in [6.07, 6.45) is 1.56. The number of rotatable bonds is 1. The first-order valence-corrected chi connectivity index (χ1v) is 4.82. The molecule has 0 atom stereocenters. The molecule has 0 saturated carbocycles. The van der Waals surface area contributed by atoms with Crippen LogP contribution >= 0.6 is 15.9 Å². The zero-order valence-electron chi connectivity index (χ0n) is 7.09. The molecule has 0 aliphatic rings. The van der Waals surface area contributed by atoms with Crippen molar-refractivity contribution in [2.75, 3.05) is 0 Å². The van der Waals surface area contributed by atoms with E-state index >= 15 is 0 Å². The molecule has 0 unspecified atom stereocenters. The summed E-state index contributed by atoms with van der Waals surface area (Å²) in [7, 11) is 0. The minimum atomic E-state index is -0.232. The summed E-state index contributed by atoms with van der Waals surface area (Å²) in [6, 6.07) is 3.32. The number of hydrogen-bond acceptors (Lipinski definition) is 1. The zero-order chi connectivity index (χ0) is 9.42. The number of aryl methyl sites for hydroxylation is 1. The number of halogens is 2. The molecule has 1 aromatic carbocycles. The van der Waals surface area contributed by atoms with E-state index in [1.807, 2.05) is 13.0 Å². The Morgan fingerprint density at radius 1 is 1.54 bits per heavy atom. The molecule has 0 fully saturated rings. The van der Waals surface area contributed by atoms with Crippen molar-refractivity contribution >= 4 is 26.8 Å². The van der Waals surface area contributed by atoms with Gasteiger partial charge in [0.1, 0.15) is 5.82 Å². The third-order valence-electron chi connectivity index (χ3n) is 1.98. The molecular formula is C9H8BrFN2. The topological polar surface area (TPSA) is 17.8 Å². The van der Waals surface area contributed by atoms with Crippen molar-refractivity contribution in [3.05, 3.63) is 28.6 Å². The van der Waals surface area contributed by atoms with E-state index in [-0.39, 0.29) is 5.82 Å². The first-order chi connectivity index (χ1) is 6.22. The Bertz CT molecular complexity index is 450. The molecular weight excluding hydrogens is 235 g/mol. The summed E-state index contributed by atoms with van der Waals surface area (Å²) in [5, 5.41) is 4.65. The Morgan fingerprint density at radius 3 is 3.00 bits per heavy atom. The van der Waals surface area contributed by atoms with Gasteiger partial charge in [-0.15, -0.1) is 0 Å². The van der Waals surface area contributed by atoms with Gasteiger partial charge < -0.3 is 0 Å². The lowest BCUT2D eigenvalue weighted by Crippen LogP contribution is -1.95. The summed E-state index contributed by atoms with van der Waals surface area (Å²) in [5.74, 6) is -0.232. The van der Waals surface area contributed by atoms with Gasteiger partial charge in [-0.1, -0.05) is 15.9 Å². The lowest BCUT2D eigenvalue weighted by Gasteiger charge is -1.99. The fraction of sp³-hybridized carbons (Fsp3) is 0.222. The van der Waals surface area contributed by atoms with Crippen LogP contribution in [0.5, 0.6) is 0 Å². The van der Waals surface area contributed by atoms with E-state index in [9.17, 15) is 4.39 Å². The zero-order valence-corrected chi connectivity index (χ0v) is 8.68. The van der Waals surface area contributed by atoms with Gasteiger partial charge in [0, 0.05) is 11.0 Å². The smallest absolute Gasteiger partial charge is 0.135 e. The number of hydrogen-bond donors (Lipinski definition) is 0. The molecule has 0 aliphatic heterocycles. The summed E-state index contributed by atoms with van der Waals surface area (Å²) >= 11 is 3.25. The molecule has 0 saturated heterocycles. The summed E-state index contributed by atoms with van der Waals surface area (Å²) in [4.78, 5) is 0. The number of nitrogens with zero attached hydrogens (tertiary/aromatic N) is 2.